The van der Waals surface area contributed by atoms with Crippen LogP contribution in [-0.2, 0) is 0 Å². The zero-order chi connectivity index (χ0) is 11.8. The van der Waals surface area contributed by atoms with Crippen LogP contribution in [0.15, 0.2) is 18.2 Å². The first-order valence-electron chi connectivity index (χ1n) is 5.52. The molecule has 1 saturated heterocycles. The van der Waals surface area contributed by atoms with E-state index in [4.69, 9.17) is 5.26 Å². The van der Waals surface area contributed by atoms with Crippen molar-refractivity contribution in [3.8, 4) is 6.07 Å². The van der Waals surface area contributed by atoms with E-state index in [1.54, 1.807) is 6.07 Å². The fourth-order valence-corrected chi connectivity index (χ4v) is 2.35. The number of rotatable bonds is 1. The van der Waals surface area contributed by atoms with E-state index in [1.165, 1.54) is 6.07 Å². The minimum Gasteiger partial charge on any atom is -0.366 e. The van der Waals surface area contributed by atoms with Crippen LogP contribution in [0.4, 0.5) is 10.1 Å². The molecular weight excluding hydrogens is 203 g/mol. The van der Waals surface area contributed by atoms with Gasteiger partial charge < -0.3 is 4.90 Å². The zero-order valence-electron chi connectivity index (χ0n) is 9.63. The smallest absolute Gasteiger partial charge is 0.143 e. The van der Waals surface area contributed by atoms with Crippen molar-refractivity contribution >= 4 is 5.69 Å². The first-order chi connectivity index (χ1) is 7.54. The van der Waals surface area contributed by atoms with Gasteiger partial charge in [0, 0.05) is 17.8 Å². The van der Waals surface area contributed by atoms with Crippen LogP contribution in [0.5, 0.6) is 0 Å². The second-order valence-corrected chi connectivity index (χ2v) is 4.84. The van der Waals surface area contributed by atoms with Gasteiger partial charge in [-0.25, -0.2) is 4.39 Å². The highest BCUT2D eigenvalue weighted by Crippen LogP contribution is 2.33. The van der Waals surface area contributed by atoms with Crippen molar-refractivity contribution in [2.24, 2.45) is 0 Å². The molecule has 1 fully saturated rings. The molecule has 0 aromatic heterocycles. The summed E-state index contributed by atoms with van der Waals surface area (Å²) in [5.41, 5.74) is 1.07. The molecule has 2 nitrogen and oxygen atoms in total. The van der Waals surface area contributed by atoms with Gasteiger partial charge in [-0.05, 0) is 44.9 Å². The van der Waals surface area contributed by atoms with Gasteiger partial charge in [0.05, 0.1) is 5.56 Å². The van der Waals surface area contributed by atoms with Gasteiger partial charge in [0.2, 0.25) is 0 Å². The van der Waals surface area contributed by atoms with Gasteiger partial charge >= 0.3 is 0 Å². The van der Waals surface area contributed by atoms with Gasteiger partial charge in [0.1, 0.15) is 11.9 Å². The normalized spacial score (nSPS) is 18.5. The Hall–Kier alpha value is -1.56. The van der Waals surface area contributed by atoms with E-state index in [1.807, 2.05) is 12.1 Å². The van der Waals surface area contributed by atoms with Gasteiger partial charge in [0.15, 0.2) is 0 Å². The molecule has 0 spiro atoms. The molecule has 0 saturated carbocycles. The molecule has 0 aliphatic carbocycles. The van der Waals surface area contributed by atoms with Gasteiger partial charge in [-0.1, -0.05) is 0 Å². The highest BCUT2D eigenvalue weighted by molar-refractivity contribution is 5.53. The van der Waals surface area contributed by atoms with E-state index in [9.17, 15) is 4.39 Å². The largest absolute Gasteiger partial charge is 0.366 e. The van der Waals surface area contributed by atoms with E-state index >= 15 is 0 Å². The Balaban J connectivity index is 2.36. The summed E-state index contributed by atoms with van der Waals surface area (Å²) in [6, 6.07) is 6.69. The molecule has 1 aromatic rings. The average molecular weight is 218 g/mol. The maximum atomic E-state index is 13.5. The highest BCUT2D eigenvalue weighted by Gasteiger charge is 2.32. The third-order valence-corrected chi connectivity index (χ3v) is 3.29. The van der Waals surface area contributed by atoms with Crippen molar-refractivity contribution in [1.29, 1.82) is 5.26 Å². The first kappa shape index (κ1) is 10.9. The minimum atomic E-state index is -0.428. The molecule has 0 bridgehead atoms. The van der Waals surface area contributed by atoms with Crippen molar-refractivity contribution in [2.45, 2.75) is 32.2 Å². The van der Waals surface area contributed by atoms with Crippen molar-refractivity contribution in [3.05, 3.63) is 29.6 Å². The second kappa shape index (κ2) is 3.79. The van der Waals surface area contributed by atoms with Gasteiger partial charge in [-0.2, -0.15) is 5.26 Å². The second-order valence-electron chi connectivity index (χ2n) is 4.84. The van der Waals surface area contributed by atoms with E-state index in [0.29, 0.717) is 0 Å². The number of halogens is 1. The quantitative estimate of drug-likeness (QED) is 0.724. The van der Waals surface area contributed by atoms with Crippen LogP contribution < -0.4 is 4.90 Å². The Bertz CT molecular complexity index is 446. The van der Waals surface area contributed by atoms with Crippen LogP contribution in [0.2, 0.25) is 0 Å². The lowest BCUT2D eigenvalue weighted by atomic mass is 10.0. The van der Waals surface area contributed by atoms with Crippen molar-refractivity contribution < 1.29 is 4.39 Å². The molecule has 1 aromatic carbocycles. The molecule has 84 valence electrons. The summed E-state index contributed by atoms with van der Waals surface area (Å²) < 4.78 is 13.5. The van der Waals surface area contributed by atoms with E-state index in [-0.39, 0.29) is 11.1 Å². The Morgan fingerprint density at radius 1 is 1.44 bits per heavy atom. The van der Waals surface area contributed by atoms with Gasteiger partial charge in [0.25, 0.3) is 0 Å². The summed E-state index contributed by atoms with van der Waals surface area (Å²) in [6.45, 7) is 5.28. The Morgan fingerprint density at radius 3 is 2.69 bits per heavy atom. The average Bonchev–Trinajstić information content (AvgIpc) is 2.58. The Morgan fingerprint density at radius 2 is 2.19 bits per heavy atom. The number of hydrogen-bond donors (Lipinski definition) is 0. The van der Waals surface area contributed by atoms with Crippen LogP contribution in [0.25, 0.3) is 0 Å². The maximum Gasteiger partial charge on any atom is 0.143 e. The lowest BCUT2D eigenvalue weighted by molar-refractivity contribution is 0.516. The summed E-state index contributed by atoms with van der Waals surface area (Å²) in [7, 11) is 0. The summed E-state index contributed by atoms with van der Waals surface area (Å²) in [6.07, 6.45) is 2.25. The van der Waals surface area contributed by atoms with E-state index in [2.05, 4.69) is 18.7 Å². The summed E-state index contributed by atoms with van der Waals surface area (Å²) in [5.74, 6) is -0.428. The minimum absolute atomic E-state index is 0.0839. The topological polar surface area (TPSA) is 27.0 Å². The molecule has 16 heavy (non-hydrogen) atoms. The van der Waals surface area contributed by atoms with Crippen molar-refractivity contribution in [1.82, 2.24) is 0 Å². The molecule has 0 radical (unpaired) electrons. The Kier molecular flexibility index (Phi) is 2.59. The first-order valence-corrected chi connectivity index (χ1v) is 5.52. The van der Waals surface area contributed by atoms with Crippen LogP contribution in [0.1, 0.15) is 32.3 Å². The lowest BCUT2D eigenvalue weighted by Gasteiger charge is -2.33. The summed E-state index contributed by atoms with van der Waals surface area (Å²) >= 11 is 0. The number of nitriles is 1. The molecular formula is C13H15FN2. The molecule has 0 amide bonds. The third-order valence-electron chi connectivity index (χ3n) is 3.29. The molecule has 0 unspecified atom stereocenters. The fourth-order valence-electron chi connectivity index (χ4n) is 2.35. The van der Waals surface area contributed by atoms with Crippen LogP contribution in [-0.4, -0.2) is 12.1 Å². The van der Waals surface area contributed by atoms with E-state index in [0.717, 1.165) is 25.1 Å². The molecule has 1 heterocycles. The molecule has 0 N–H and O–H groups in total. The van der Waals surface area contributed by atoms with Crippen LogP contribution >= 0.6 is 0 Å². The standard InChI is InChI=1S/C13H15FN2/c1-13(2)6-3-7-16(13)11-5-4-10(9-15)12(14)8-11/h4-5,8H,3,6-7H2,1-2H3. The zero-order valence-corrected chi connectivity index (χ0v) is 9.63. The van der Waals surface area contributed by atoms with Crippen LogP contribution in [0.3, 0.4) is 0 Å². The lowest BCUT2D eigenvalue weighted by Crippen LogP contribution is -2.38. The number of nitrogens with zero attached hydrogens (tertiary/aromatic N) is 2. The number of hydrogen-bond acceptors (Lipinski definition) is 2. The SMILES string of the molecule is CC1(C)CCCN1c1ccc(C#N)c(F)c1. The van der Waals surface area contributed by atoms with E-state index < -0.39 is 5.82 Å². The highest BCUT2D eigenvalue weighted by atomic mass is 19.1. The Labute approximate surface area is 95.3 Å². The maximum absolute atomic E-state index is 13.5. The number of benzene rings is 1. The predicted octanol–water partition coefficient (Wildman–Crippen LogP) is 3.08. The summed E-state index contributed by atoms with van der Waals surface area (Å²) in [4.78, 5) is 2.21. The van der Waals surface area contributed by atoms with Gasteiger partial charge in [-0.3, -0.25) is 0 Å². The third kappa shape index (κ3) is 1.76. The molecule has 3 heteroatoms. The van der Waals surface area contributed by atoms with Crippen molar-refractivity contribution in [2.75, 3.05) is 11.4 Å². The predicted molar refractivity (Wildman–Crippen MR) is 61.8 cm³/mol. The molecule has 0 atom stereocenters. The number of anilines is 1. The van der Waals surface area contributed by atoms with Gasteiger partial charge in [-0.15, -0.1) is 0 Å². The molecule has 1 aliphatic heterocycles. The monoisotopic (exact) mass is 218 g/mol. The summed E-state index contributed by atoms with van der Waals surface area (Å²) in [5, 5.41) is 8.67. The fraction of sp³-hybridized carbons (Fsp3) is 0.462. The molecule has 2 rings (SSSR count). The van der Waals surface area contributed by atoms with Crippen LogP contribution in [0, 0.1) is 17.1 Å². The molecule has 1 aliphatic rings. The van der Waals surface area contributed by atoms with Crippen molar-refractivity contribution in [3.63, 3.8) is 0 Å².